The van der Waals surface area contributed by atoms with Crippen molar-refractivity contribution in [2.75, 3.05) is 18.4 Å². The van der Waals surface area contributed by atoms with Gasteiger partial charge in [0.05, 0.1) is 12.1 Å². The Morgan fingerprint density at radius 1 is 1.38 bits per heavy atom. The summed E-state index contributed by atoms with van der Waals surface area (Å²) in [5.41, 5.74) is 1.08. The fraction of sp³-hybridized carbons (Fsp3) is 0.500. The minimum Gasteiger partial charge on any atom is -0.381 e. The number of benzene rings is 1. The number of para-hydroxylation sites is 1. The highest BCUT2D eigenvalue weighted by Crippen LogP contribution is 2.21. The number of likely N-dealkylation sites (tertiary alicyclic amines) is 1. The molecular weight excluding hydrogens is 264 g/mol. The zero-order valence-electron chi connectivity index (χ0n) is 12.0. The first kappa shape index (κ1) is 13.9. The van der Waals surface area contributed by atoms with Crippen molar-refractivity contribution < 1.29 is 4.79 Å². The van der Waals surface area contributed by atoms with E-state index in [0.717, 1.165) is 31.5 Å². The molecule has 2 fully saturated rings. The quantitative estimate of drug-likeness (QED) is 0.879. The van der Waals surface area contributed by atoms with Crippen molar-refractivity contribution in [1.82, 2.24) is 10.2 Å². The van der Waals surface area contributed by atoms with Gasteiger partial charge in [0.1, 0.15) is 6.04 Å². The first-order valence-corrected chi connectivity index (χ1v) is 7.53. The lowest BCUT2D eigenvalue weighted by Gasteiger charge is -2.23. The molecular formula is C16H20N4O. The molecule has 0 aliphatic carbocycles. The molecule has 1 aromatic carbocycles. The Hall–Kier alpha value is -2.06. The van der Waals surface area contributed by atoms with E-state index < -0.39 is 0 Å². The molecule has 5 heteroatoms. The lowest BCUT2D eigenvalue weighted by atomic mass is 10.1. The molecule has 2 unspecified atom stereocenters. The minimum absolute atomic E-state index is 0.0800. The standard InChI is InChI=1S/C16H20N4O/c17-10-14-7-4-8-20(14)16(21)15-9-13(11-18-15)19-12-5-2-1-3-6-12/h1-3,5-6,13-15,18-19H,4,7-9,11H2/t13?,14-,15?/m0/s1. The lowest BCUT2D eigenvalue weighted by molar-refractivity contribution is -0.133. The smallest absolute Gasteiger partial charge is 0.240 e. The summed E-state index contributed by atoms with van der Waals surface area (Å²) < 4.78 is 0. The summed E-state index contributed by atoms with van der Waals surface area (Å²) in [6.07, 6.45) is 2.51. The molecule has 0 radical (unpaired) electrons. The van der Waals surface area contributed by atoms with Crippen LogP contribution in [0.4, 0.5) is 5.69 Å². The molecule has 3 rings (SSSR count). The molecule has 2 aliphatic heterocycles. The van der Waals surface area contributed by atoms with Crippen LogP contribution in [0.25, 0.3) is 0 Å². The number of nitriles is 1. The normalized spacial score (nSPS) is 28.3. The van der Waals surface area contributed by atoms with Crippen LogP contribution in [-0.2, 0) is 4.79 Å². The van der Waals surface area contributed by atoms with Crippen molar-refractivity contribution in [3.8, 4) is 6.07 Å². The molecule has 21 heavy (non-hydrogen) atoms. The predicted molar refractivity (Wildman–Crippen MR) is 80.6 cm³/mol. The van der Waals surface area contributed by atoms with Gasteiger partial charge in [-0.05, 0) is 31.4 Å². The number of carbonyl (C=O) groups excluding carboxylic acids is 1. The highest BCUT2D eigenvalue weighted by molar-refractivity contribution is 5.83. The summed E-state index contributed by atoms with van der Waals surface area (Å²) in [5.74, 6) is 0.0800. The largest absolute Gasteiger partial charge is 0.381 e. The van der Waals surface area contributed by atoms with E-state index in [-0.39, 0.29) is 24.0 Å². The summed E-state index contributed by atoms with van der Waals surface area (Å²) in [5, 5.41) is 15.8. The molecule has 5 nitrogen and oxygen atoms in total. The fourth-order valence-electron chi connectivity index (χ4n) is 3.17. The highest BCUT2D eigenvalue weighted by Gasteiger charge is 2.36. The van der Waals surface area contributed by atoms with Gasteiger partial charge in [0, 0.05) is 24.8 Å². The second kappa shape index (κ2) is 6.15. The molecule has 2 saturated heterocycles. The van der Waals surface area contributed by atoms with Gasteiger partial charge in [-0.25, -0.2) is 0 Å². The van der Waals surface area contributed by atoms with Crippen molar-refractivity contribution in [2.45, 2.75) is 37.4 Å². The number of amides is 1. The van der Waals surface area contributed by atoms with Crippen molar-refractivity contribution >= 4 is 11.6 Å². The third-order valence-corrected chi connectivity index (χ3v) is 4.26. The molecule has 0 bridgehead atoms. The predicted octanol–water partition coefficient (Wildman–Crippen LogP) is 1.34. The van der Waals surface area contributed by atoms with Crippen LogP contribution in [0.3, 0.4) is 0 Å². The van der Waals surface area contributed by atoms with Gasteiger partial charge in [0.15, 0.2) is 0 Å². The molecule has 2 aliphatic rings. The zero-order chi connectivity index (χ0) is 14.7. The molecule has 0 saturated carbocycles. The Labute approximate surface area is 124 Å². The first-order chi connectivity index (χ1) is 10.3. The van der Waals surface area contributed by atoms with Crippen molar-refractivity contribution in [3.05, 3.63) is 30.3 Å². The van der Waals surface area contributed by atoms with E-state index in [4.69, 9.17) is 5.26 Å². The topological polar surface area (TPSA) is 68.2 Å². The lowest BCUT2D eigenvalue weighted by Crippen LogP contribution is -2.45. The van der Waals surface area contributed by atoms with Gasteiger partial charge < -0.3 is 15.5 Å². The number of anilines is 1. The Balaban J connectivity index is 1.57. The maximum absolute atomic E-state index is 12.5. The minimum atomic E-state index is -0.236. The fourth-order valence-corrected chi connectivity index (χ4v) is 3.17. The average molecular weight is 284 g/mol. The Kier molecular flexibility index (Phi) is 4.07. The van der Waals surface area contributed by atoms with E-state index in [0.29, 0.717) is 6.54 Å². The molecule has 1 aromatic rings. The summed E-state index contributed by atoms with van der Waals surface area (Å²) in [7, 11) is 0. The number of nitrogens with one attached hydrogen (secondary N) is 2. The molecule has 2 heterocycles. The van der Waals surface area contributed by atoms with Gasteiger partial charge in [-0.1, -0.05) is 18.2 Å². The maximum atomic E-state index is 12.5. The number of hydrogen-bond acceptors (Lipinski definition) is 4. The monoisotopic (exact) mass is 284 g/mol. The first-order valence-electron chi connectivity index (χ1n) is 7.53. The van der Waals surface area contributed by atoms with Crippen LogP contribution in [0.5, 0.6) is 0 Å². The van der Waals surface area contributed by atoms with Gasteiger partial charge in [-0.3, -0.25) is 4.79 Å². The van der Waals surface area contributed by atoms with Crippen LogP contribution in [0.15, 0.2) is 30.3 Å². The van der Waals surface area contributed by atoms with Gasteiger partial charge in [0.2, 0.25) is 5.91 Å². The van der Waals surface area contributed by atoms with Crippen LogP contribution in [0, 0.1) is 11.3 Å². The Morgan fingerprint density at radius 2 is 2.19 bits per heavy atom. The van der Waals surface area contributed by atoms with Gasteiger partial charge >= 0.3 is 0 Å². The van der Waals surface area contributed by atoms with Crippen molar-refractivity contribution in [1.29, 1.82) is 5.26 Å². The number of hydrogen-bond donors (Lipinski definition) is 2. The van der Waals surface area contributed by atoms with Gasteiger partial charge in [0.25, 0.3) is 0 Å². The molecule has 0 aromatic heterocycles. The SMILES string of the molecule is N#C[C@@H]1CCCN1C(=O)C1CC(Nc2ccccc2)CN1. The average Bonchev–Trinajstić information content (AvgIpc) is 3.16. The molecule has 110 valence electrons. The van der Waals surface area contributed by atoms with Crippen LogP contribution in [-0.4, -0.2) is 42.0 Å². The number of nitrogens with zero attached hydrogens (tertiary/aromatic N) is 2. The third-order valence-electron chi connectivity index (χ3n) is 4.26. The second-order valence-corrected chi connectivity index (χ2v) is 5.72. The van der Waals surface area contributed by atoms with Crippen LogP contribution in [0.2, 0.25) is 0 Å². The van der Waals surface area contributed by atoms with Crippen molar-refractivity contribution in [2.24, 2.45) is 0 Å². The van der Waals surface area contributed by atoms with Gasteiger partial charge in [-0.15, -0.1) is 0 Å². The third kappa shape index (κ3) is 3.01. The van der Waals surface area contributed by atoms with E-state index in [1.165, 1.54) is 0 Å². The summed E-state index contributed by atoms with van der Waals surface area (Å²) in [6, 6.07) is 12.1. The molecule has 3 atom stereocenters. The molecule has 0 spiro atoms. The number of rotatable bonds is 3. The molecule has 1 amide bonds. The Bertz CT molecular complexity index is 539. The summed E-state index contributed by atoms with van der Waals surface area (Å²) >= 11 is 0. The molecule has 2 N–H and O–H groups in total. The van der Waals surface area contributed by atoms with E-state index in [1.807, 2.05) is 30.3 Å². The van der Waals surface area contributed by atoms with E-state index in [9.17, 15) is 4.79 Å². The van der Waals surface area contributed by atoms with E-state index in [1.54, 1.807) is 4.90 Å². The summed E-state index contributed by atoms with van der Waals surface area (Å²) in [4.78, 5) is 14.2. The Morgan fingerprint density at radius 3 is 2.95 bits per heavy atom. The maximum Gasteiger partial charge on any atom is 0.240 e. The second-order valence-electron chi connectivity index (χ2n) is 5.72. The van der Waals surface area contributed by atoms with E-state index >= 15 is 0 Å². The highest BCUT2D eigenvalue weighted by atomic mass is 16.2. The van der Waals surface area contributed by atoms with Crippen LogP contribution < -0.4 is 10.6 Å². The summed E-state index contributed by atoms with van der Waals surface area (Å²) in [6.45, 7) is 1.49. The number of carbonyl (C=O) groups is 1. The van der Waals surface area contributed by atoms with E-state index in [2.05, 4.69) is 16.7 Å². The van der Waals surface area contributed by atoms with Crippen LogP contribution >= 0.6 is 0 Å². The van der Waals surface area contributed by atoms with Gasteiger partial charge in [-0.2, -0.15) is 5.26 Å². The van der Waals surface area contributed by atoms with Crippen molar-refractivity contribution in [3.63, 3.8) is 0 Å². The van der Waals surface area contributed by atoms with Crippen LogP contribution in [0.1, 0.15) is 19.3 Å². The zero-order valence-corrected chi connectivity index (χ0v) is 12.0.